The molecular weight excluding hydrogens is 180 g/mol. The van der Waals surface area contributed by atoms with Crippen molar-refractivity contribution in [3.8, 4) is 0 Å². The van der Waals surface area contributed by atoms with Crippen LogP contribution in [-0.4, -0.2) is 11.2 Å². The van der Waals surface area contributed by atoms with E-state index < -0.39 is 0 Å². The standard InChI is InChI=1S/C11H18OS/c1-3-10(4-2)11(12)7-9-5-6-13-8-9/h5-6,8,10-12H,3-4,7H2,1-2H3. The maximum atomic E-state index is 9.89. The van der Waals surface area contributed by atoms with Crippen LogP contribution in [0.2, 0.25) is 0 Å². The lowest BCUT2D eigenvalue weighted by Crippen LogP contribution is -2.21. The summed E-state index contributed by atoms with van der Waals surface area (Å²) in [7, 11) is 0. The van der Waals surface area contributed by atoms with E-state index in [0.29, 0.717) is 5.92 Å². The van der Waals surface area contributed by atoms with Crippen molar-refractivity contribution < 1.29 is 5.11 Å². The minimum atomic E-state index is -0.162. The van der Waals surface area contributed by atoms with Crippen LogP contribution in [-0.2, 0) is 6.42 Å². The Labute approximate surface area is 84.4 Å². The Kier molecular flexibility index (Phi) is 4.46. The van der Waals surface area contributed by atoms with Crippen molar-refractivity contribution in [3.05, 3.63) is 22.4 Å². The third-order valence-electron chi connectivity index (χ3n) is 2.62. The molecule has 0 fully saturated rings. The summed E-state index contributed by atoms with van der Waals surface area (Å²) >= 11 is 1.70. The minimum absolute atomic E-state index is 0.162. The molecule has 0 bridgehead atoms. The monoisotopic (exact) mass is 198 g/mol. The van der Waals surface area contributed by atoms with E-state index in [9.17, 15) is 5.11 Å². The molecule has 0 radical (unpaired) electrons. The van der Waals surface area contributed by atoms with Gasteiger partial charge in [-0.1, -0.05) is 26.7 Å². The smallest absolute Gasteiger partial charge is 0.0608 e. The van der Waals surface area contributed by atoms with Gasteiger partial charge in [0.05, 0.1) is 6.10 Å². The molecule has 1 heterocycles. The van der Waals surface area contributed by atoms with Crippen LogP contribution in [0, 0.1) is 5.92 Å². The molecule has 0 aliphatic carbocycles. The van der Waals surface area contributed by atoms with Gasteiger partial charge in [0, 0.05) is 0 Å². The largest absolute Gasteiger partial charge is 0.392 e. The summed E-state index contributed by atoms with van der Waals surface area (Å²) in [6.45, 7) is 4.29. The van der Waals surface area contributed by atoms with Gasteiger partial charge in [0.1, 0.15) is 0 Å². The number of hydrogen-bond donors (Lipinski definition) is 1. The summed E-state index contributed by atoms with van der Waals surface area (Å²) in [5.41, 5.74) is 1.27. The Morgan fingerprint density at radius 1 is 1.38 bits per heavy atom. The van der Waals surface area contributed by atoms with Gasteiger partial charge in [-0.3, -0.25) is 0 Å². The van der Waals surface area contributed by atoms with Gasteiger partial charge in [0.25, 0.3) is 0 Å². The molecule has 0 aromatic carbocycles. The van der Waals surface area contributed by atoms with E-state index in [1.165, 1.54) is 5.56 Å². The van der Waals surface area contributed by atoms with Gasteiger partial charge in [-0.15, -0.1) is 0 Å². The van der Waals surface area contributed by atoms with Crippen LogP contribution in [0.1, 0.15) is 32.3 Å². The second-order valence-electron chi connectivity index (χ2n) is 3.48. The Balaban J connectivity index is 2.44. The molecule has 1 unspecified atom stereocenters. The van der Waals surface area contributed by atoms with Crippen LogP contribution in [0.3, 0.4) is 0 Å². The maximum Gasteiger partial charge on any atom is 0.0608 e. The van der Waals surface area contributed by atoms with Crippen LogP contribution in [0.25, 0.3) is 0 Å². The first-order chi connectivity index (χ1) is 6.27. The van der Waals surface area contributed by atoms with Gasteiger partial charge in [0.15, 0.2) is 0 Å². The Morgan fingerprint density at radius 3 is 2.54 bits per heavy atom. The maximum absolute atomic E-state index is 9.89. The van der Waals surface area contributed by atoms with Gasteiger partial charge in [-0.05, 0) is 34.7 Å². The molecule has 1 nitrogen and oxygen atoms in total. The lowest BCUT2D eigenvalue weighted by atomic mass is 9.93. The van der Waals surface area contributed by atoms with Crippen molar-refractivity contribution in [2.75, 3.05) is 0 Å². The fourth-order valence-electron chi connectivity index (χ4n) is 1.65. The van der Waals surface area contributed by atoms with Crippen molar-refractivity contribution >= 4 is 11.3 Å². The van der Waals surface area contributed by atoms with E-state index in [-0.39, 0.29) is 6.10 Å². The molecule has 0 aliphatic heterocycles. The first-order valence-electron chi connectivity index (χ1n) is 4.97. The highest BCUT2D eigenvalue weighted by atomic mass is 32.1. The molecule has 74 valence electrons. The molecule has 1 N–H and O–H groups in total. The molecule has 1 atom stereocenters. The number of thiophene rings is 1. The molecule has 2 heteroatoms. The Bertz CT molecular complexity index is 214. The molecule has 0 aliphatic rings. The zero-order valence-corrected chi connectivity index (χ0v) is 9.18. The third-order valence-corrected chi connectivity index (χ3v) is 3.35. The second-order valence-corrected chi connectivity index (χ2v) is 4.26. The average Bonchev–Trinajstić information content (AvgIpc) is 2.59. The van der Waals surface area contributed by atoms with Crippen LogP contribution < -0.4 is 0 Å². The lowest BCUT2D eigenvalue weighted by molar-refractivity contribution is 0.103. The quantitative estimate of drug-likeness (QED) is 0.771. The molecule has 1 aromatic rings. The first kappa shape index (κ1) is 10.7. The molecule has 0 amide bonds. The number of rotatable bonds is 5. The van der Waals surface area contributed by atoms with Crippen LogP contribution in [0.5, 0.6) is 0 Å². The predicted molar refractivity (Wildman–Crippen MR) is 58.1 cm³/mol. The van der Waals surface area contributed by atoms with E-state index >= 15 is 0 Å². The number of aliphatic hydroxyl groups is 1. The zero-order chi connectivity index (χ0) is 9.68. The normalized spacial score (nSPS) is 13.5. The van der Waals surface area contributed by atoms with Crippen LogP contribution in [0.4, 0.5) is 0 Å². The van der Waals surface area contributed by atoms with E-state index in [2.05, 4.69) is 30.7 Å². The van der Waals surface area contributed by atoms with Crippen LogP contribution >= 0.6 is 11.3 Å². The highest BCUT2D eigenvalue weighted by Crippen LogP contribution is 2.18. The second kappa shape index (κ2) is 5.40. The number of aliphatic hydroxyl groups excluding tert-OH is 1. The summed E-state index contributed by atoms with van der Waals surface area (Å²) in [6.07, 6.45) is 2.80. The fourth-order valence-corrected chi connectivity index (χ4v) is 2.33. The average molecular weight is 198 g/mol. The van der Waals surface area contributed by atoms with Gasteiger partial charge < -0.3 is 5.11 Å². The molecule has 0 saturated carbocycles. The fraction of sp³-hybridized carbons (Fsp3) is 0.636. The van der Waals surface area contributed by atoms with Crippen molar-refractivity contribution in [1.82, 2.24) is 0 Å². The molecule has 1 aromatic heterocycles. The Morgan fingerprint density at radius 2 is 2.08 bits per heavy atom. The van der Waals surface area contributed by atoms with Gasteiger partial charge in [-0.2, -0.15) is 11.3 Å². The van der Waals surface area contributed by atoms with Gasteiger partial charge in [-0.25, -0.2) is 0 Å². The van der Waals surface area contributed by atoms with Gasteiger partial charge in [0.2, 0.25) is 0 Å². The van der Waals surface area contributed by atoms with E-state index in [0.717, 1.165) is 19.3 Å². The van der Waals surface area contributed by atoms with E-state index in [1.54, 1.807) is 11.3 Å². The van der Waals surface area contributed by atoms with Gasteiger partial charge >= 0.3 is 0 Å². The SMILES string of the molecule is CCC(CC)C(O)Cc1ccsc1. The molecule has 13 heavy (non-hydrogen) atoms. The molecule has 0 spiro atoms. The molecule has 0 saturated heterocycles. The topological polar surface area (TPSA) is 20.2 Å². The van der Waals surface area contributed by atoms with E-state index in [1.807, 2.05) is 0 Å². The zero-order valence-electron chi connectivity index (χ0n) is 8.36. The van der Waals surface area contributed by atoms with E-state index in [4.69, 9.17) is 0 Å². The molecule has 1 rings (SSSR count). The summed E-state index contributed by atoms with van der Waals surface area (Å²) < 4.78 is 0. The minimum Gasteiger partial charge on any atom is -0.392 e. The summed E-state index contributed by atoms with van der Waals surface area (Å²) in [6, 6.07) is 2.09. The highest BCUT2D eigenvalue weighted by Gasteiger charge is 2.15. The third kappa shape index (κ3) is 3.12. The summed E-state index contributed by atoms with van der Waals surface area (Å²) in [5.74, 6) is 0.458. The lowest BCUT2D eigenvalue weighted by Gasteiger charge is -2.19. The van der Waals surface area contributed by atoms with Crippen molar-refractivity contribution in [2.45, 2.75) is 39.2 Å². The van der Waals surface area contributed by atoms with Crippen molar-refractivity contribution in [3.63, 3.8) is 0 Å². The first-order valence-corrected chi connectivity index (χ1v) is 5.91. The Hall–Kier alpha value is -0.340. The summed E-state index contributed by atoms with van der Waals surface area (Å²) in [5, 5.41) is 14.1. The van der Waals surface area contributed by atoms with Crippen molar-refractivity contribution in [1.29, 1.82) is 0 Å². The summed E-state index contributed by atoms with van der Waals surface area (Å²) in [4.78, 5) is 0. The molecular formula is C11H18OS. The highest BCUT2D eigenvalue weighted by molar-refractivity contribution is 7.07. The predicted octanol–water partition coefficient (Wildman–Crippen LogP) is 3.09. The van der Waals surface area contributed by atoms with Crippen LogP contribution in [0.15, 0.2) is 16.8 Å². The van der Waals surface area contributed by atoms with Crippen molar-refractivity contribution in [2.24, 2.45) is 5.92 Å². The number of hydrogen-bond acceptors (Lipinski definition) is 2.